The largest absolute Gasteiger partial charge is 0.342 e. The van der Waals surface area contributed by atoms with Crippen molar-refractivity contribution in [1.29, 1.82) is 0 Å². The third kappa shape index (κ3) is 3.21. The van der Waals surface area contributed by atoms with Crippen molar-refractivity contribution >= 4 is 5.91 Å². The summed E-state index contributed by atoms with van der Waals surface area (Å²) in [6.45, 7) is 9.52. The molecule has 0 aromatic heterocycles. The van der Waals surface area contributed by atoms with Crippen LogP contribution in [0.25, 0.3) is 0 Å². The summed E-state index contributed by atoms with van der Waals surface area (Å²) >= 11 is 0. The Kier molecular flexibility index (Phi) is 3.76. The summed E-state index contributed by atoms with van der Waals surface area (Å²) in [4.78, 5) is 14.5. The van der Waals surface area contributed by atoms with E-state index in [2.05, 4.69) is 31.0 Å². The van der Waals surface area contributed by atoms with E-state index in [-0.39, 0.29) is 5.92 Å². The molecule has 0 aromatic rings. The first-order chi connectivity index (χ1) is 7.98. The lowest BCUT2D eigenvalue weighted by molar-refractivity contribution is -0.139. The number of nitrogens with zero attached hydrogens (tertiary/aromatic N) is 1. The van der Waals surface area contributed by atoms with Gasteiger partial charge >= 0.3 is 0 Å². The highest BCUT2D eigenvalue weighted by Crippen LogP contribution is 2.30. The van der Waals surface area contributed by atoms with Gasteiger partial charge in [-0.05, 0) is 38.0 Å². The molecule has 0 aliphatic carbocycles. The summed E-state index contributed by atoms with van der Waals surface area (Å²) in [6.07, 6.45) is 4.60. The lowest BCUT2D eigenvalue weighted by Crippen LogP contribution is -2.50. The summed E-state index contributed by atoms with van der Waals surface area (Å²) in [6, 6.07) is 0.580. The summed E-state index contributed by atoms with van der Waals surface area (Å²) in [5.41, 5.74) is 0.309. The Morgan fingerprint density at radius 1 is 1.35 bits per heavy atom. The zero-order chi connectivity index (χ0) is 12.5. The third-order valence-electron chi connectivity index (χ3n) is 4.22. The van der Waals surface area contributed by atoms with E-state index in [1.165, 1.54) is 6.42 Å². The highest BCUT2D eigenvalue weighted by molar-refractivity contribution is 5.79. The Labute approximate surface area is 105 Å². The molecule has 2 saturated heterocycles. The number of piperidine rings is 2. The Balaban J connectivity index is 1.91. The molecule has 0 saturated carbocycles. The fourth-order valence-electron chi connectivity index (χ4n) is 3.08. The van der Waals surface area contributed by atoms with Gasteiger partial charge in [0.25, 0.3) is 0 Å². The van der Waals surface area contributed by atoms with Crippen LogP contribution < -0.4 is 5.32 Å². The number of hydrogen-bond donors (Lipinski definition) is 1. The van der Waals surface area contributed by atoms with Gasteiger partial charge in [0.05, 0.1) is 5.92 Å². The molecule has 0 spiro atoms. The first-order valence-corrected chi connectivity index (χ1v) is 7.00. The number of nitrogens with one attached hydrogen (secondary N) is 1. The number of hydrogen-bond acceptors (Lipinski definition) is 2. The summed E-state index contributed by atoms with van der Waals surface area (Å²) in [5, 5.41) is 3.43. The second-order valence-electron chi connectivity index (χ2n) is 6.61. The van der Waals surface area contributed by atoms with E-state index in [1.54, 1.807) is 0 Å². The van der Waals surface area contributed by atoms with Crippen molar-refractivity contribution in [3.05, 3.63) is 0 Å². The predicted molar refractivity (Wildman–Crippen MR) is 69.8 cm³/mol. The average molecular weight is 238 g/mol. The lowest BCUT2D eigenvalue weighted by atomic mass is 9.83. The van der Waals surface area contributed by atoms with Crippen LogP contribution in [0.4, 0.5) is 0 Å². The van der Waals surface area contributed by atoms with E-state index in [0.717, 1.165) is 38.9 Å². The van der Waals surface area contributed by atoms with Crippen molar-refractivity contribution in [2.45, 2.75) is 52.5 Å². The zero-order valence-electron chi connectivity index (χ0n) is 11.5. The van der Waals surface area contributed by atoms with Crippen molar-refractivity contribution in [3.8, 4) is 0 Å². The summed E-state index contributed by atoms with van der Waals surface area (Å²) < 4.78 is 0. The number of carbonyl (C=O) groups excluding carboxylic acids is 1. The molecule has 2 aliphatic heterocycles. The maximum atomic E-state index is 12.4. The van der Waals surface area contributed by atoms with E-state index in [4.69, 9.17) is 0 Å². The predicted octanol–water partition coefficient (Wildman–Crippen LogP) is 2.02. The van der Waals surface area contributed by atoms with E-state index < -0.39 is 0 Å². The number of likely N-dealkylation sites (tertiary alicyclic amines) is 1. The van der Waals surface area contributed by atoms with Crippen molar-refractivity contribution in [2.75, 3.05) is 19.6 Å². The Morgan fingerprint density at radius 2 is 2.12 bits per heavy atom. The molecule has 1 amide bonds. The molecular formula is C14H26N2O. The summed E-state index contributed by atoms with van der Waals surface area (Å²) in [5.74, 6) is 0.609. The third-order valence-corrected chi connectivity index (χ3v) is 4.22. The SMILES string of the molecule is CC1CCC(C(=O)N2CCCC(C)(C)C2)CN1. The molecule has 0 bridgehead atoms. The zero-order valence-corrected chi connectivity index (χ0v) is 11.5. The first kappa shape index (κ1) is 12.9. The van der Waals surface area contributed by atoms with Gasteiger partial charge in [0, 0.05) is 25.7 Å². The van der Waals surface area contributed by atoms with E-state index >= 15 is 0 Å². The van der Waals surface area contributed by atoms with Crippen LogP contribution in [0.2, 0.25) is 0 Å². The van der Waals surface area contributed by atoms with Gasteiger partial charge in [0.2, 0.25) is 5.91 Å². The highest BCUT2D eigenvalue weighted by Gasteiger charge is 2.33. The minimum absolute atomic E-state index is 0.222. The molecule has 2 rings (SSSR count). The minimum atomic E-state index is 0.222. The van der Waals surface area contributed by atoms with Gasteiger partial charge in [0.1, 0.15) is 0 Å². The van der Waals surface area contributed by atoms with Crippen LogP contribution in [0, 0.1) is 11.3 Å². The Bertz CT molecular complexity index is 280. The van der Waals surface area contributed by atoms with Gasteiger partial charge in [-0.25, -0.2) is 0 Å². The summed E-state index contributed by atoms with van der Waals surface area (Å²) in [7, 11) is 0. The van der Waals surface area contributed by atoms with Gasteiger partial charge < -0.3 is 10.2 Å². The van der Waals surface area contributed by atoms with Crippen LogP contribution in [0.1, 0.15) is 46.5 Å². The molecule has 3 heteroatoms. The average Bonchev–Trinajstić information content (AvgIpc) is 2.28. The molecule has 17 heavy (non-hydrogen) atoms. The molecule has 3 nitrogen and oxygen atoms in total. The van der Waals surface area contributed by atoms with E-state index in [1.807, 2.05) is 0 Å². The molecule has 0 aromatic carbocycles. The smallest absolute Gasteiger partial charge is 0.226 e. The van der Waals surface area contributed by atoms with Crippen molar-refractivity contribution < 1.29 is 4.79 Å². The number of rotatable bonds is 1. The van der Waals surface area contributed by atoms with Crippen molar-refractivity contribution in [1.82, 2.24) is 10.2 Å². The van der Waals surface area contributed by atoms with Gasteiger partial charge in [-0.15, -0.1) is 0 Å². The minimum Gasteiger partial charge on any atom is -0.342 e. The van der Waals surface area contributed by atoms with Crippen molar-refractivity contribution in [2.24, 2.45) is 11.3 Å². The van der Waals surface area contributed by atoms with Crippen molar-refractivity contribution in [3.63, 3.8) is 0 Å². The second-order valence-corrected chi connectivity index (χ2v) is 6.61. The van der Waals surface area contributed by atoms with Gasteiger partial charge in [-0.3, -0.25) is 4.79 Å². The monoisotopic (exact) mass is 238 g/mol. The molecule has 98 valence electrons. The topological polar surface area (TPSA) is 32.3 Å². The van der Waals surface area contributed by atoms with Gasteiger partial charge in [-0.2, -0.15) is 0 Å². The van der Waals surface area contributed by atoms with E-state index in [0.29, 0.717) is 17.4 Å². The van der Waals surface area contributed by atoms with Crippen LogP contribution in [-0.2, 0) is 4.79 Å². The molecule has 0 radical (unpaired) electrons. The number of carbonyl (C=O) groups is 1. The van der Waals surface area contributed by atoms with Crippen LogP contribution in [0.3, 0.4) is 0 Å². The highest BCUT2D eigenvalue weighted by atomic mass is 16.2. The quantitative estimate of drug-likeness (QED) is 0.758. The molecule has 2 unspecified atom stereocenters. The lowest BCUT2D eigenvalue weighted by Gasteiger charge is -2.40. The fourth-order valence-corrected chi connectivity index (χ4v) is 3.08. The molecule has 2 aliphatic rings. The van der Waals surface area contributed by atoms with Crippen LogP contribution >= 0.6 is 0 Å². The number of amides is 1. The molecule has 2 heterocycles. The second kappa shape index (κ2) is 4.97. The molecule has 2 atom stereocenters. The van der Waals surface area contributed by atoms with Crippen LogP contribution in [-0.4, -0.2) is 36.5 Å². The molecular weight excluding hydrogens is 212 g/mol. The Morgan fingerprint density at radius 3 is 2.71 bits per heavy atom. The maximum Gasteiger partial charge on any atom is 0.226 e. The van der Waals surface area contributed by atoms with Crippen LogP contribution in [0.5, 0.6) is 0 Å². The first-order valence-electron chi connectivity index (χ1n) is 7.00. The normalized spacial score (nSPS) is 33.5. The molecule has 1 N–H and O–H groups in total. The standard InChI is InChI=1S/C14H26N2O/c1-11-5-6-12(9-15-11)13(17)16-8-4-7-14(2,3)10-16/h11-12,15H,4-10H2,1-3H3. The molecule has 2 fully saturated rings. The van der Waals surface area contributed by atoms with Gasteiger partial charge in [0.15, 0.2) is 0 Å². The maximum absolute atomic E-state index is 12.4. The Hall–Kier alpha value is -0.570. The van der Waals surface area contributed by atoms with Gasteiger partial charge in [-0.1, -0.05) is 13.8 Å². The fraction of sp³-hybridized carbons (Fsp3) is 0.929. The van der Waals surface area contributed by atoms with Crippen LogP contribution in [0.15, 0.2) is 0 Å². The van der Waals surface area contributed by atoms with E-state index in [9.17, 15) is 4.79 Å².